The minimum atomic E-state index is -0.528. The largest absolute Gasteiger partial charge is 0.321 e. The molecule has 1 heterocycles. The van der Waals surface area contributed by atoms with E-state index in [1.165, 1.54) is 13.0 Å². The number of benzene rings is 1. The second-order valence-electron chi connectivity index (χ2n) is 4.54. The van der Waals surface area contributed by atoms with Crippen LogP contribution in [0.25, 0.3) is 6.08 Å². The van der Waals surface area contributed by atoms with Gasteiger partial charge in [0, 0.05) is 23.6 Å². The van der Waals surface area contributed by atoms with Gasteiger partial charge in [-0.3, -0.25) is 14.6 Å². The number of amides is 1. The monoisotopic (exact) mass is 291 g/mol. The molecule has 22 heavy (non-hydrogen) atoms. The molecule has 0 aliphatic heterocycles. The van der Waals surface area contributed by atoms with Crippen molar-refractivity contribution in [2.45, 2.75) is 6.92 Å². The van der Waals surface area contributed by atoms with E-state index in [1.807, 2.05) is 6.07 Å². The fraction of sp³-hybridized carbons (Fsp3) is 0.0588. The standard InChI is InChI=1S/C17H13N3O2/c1-12(21)14-3-2-4-16(10-14)20-17(22)15(11-18)9-13-5-7-19-8-6-13/h2-10H,1H3,(H,20,22). The van der Waals surface area contributed by atoms with Gasteiger partial charge < -0.3 is 5.32 Å². The summed E-state index contributed by atoms with van der Waals surface area (Å²) >= 11 is 0. The van der Waals surface area contributed by atoms with Crippen LogP contribution in [0.5, 0.6) is 0 Å². The molecule has 0 unspecified atom stereocenters. The normalized spacial score (nSPS) is 10.6. The first-order valence-corrected chi connectivity index (χ1v) is 6.54. The summed E-state index contributed by atoms with van der Waals surface area (Å²) in [5.74, 6) is -0.621. The number of Topliss-reactive ketones (excluding diaryl/α,β-unsaturated/α-hetero) is 1. The number of carbonyl (C=O) groups is 2. The maximum absolute atomic E-state index is 12.1. The molecular formula is C17H13N3O2. The van der Waals surface area contributed by atoms with Crippen molar-refractivity contribution < 1.29 is 9.59 Å². The number of carbonyl (C=O) groups excluding carboxylic acids is 2. The van der Waals surface area contributed by atoms with Crippen LogP contribution in [0.4, 0.5) is 5.69 Å². The molecule has 2 rings (SSSR count). The van der Waals surface area contributed by atoms with Gasteiger partial charge in [0.05, 0.1) is 0 Å². The second-order valence-corrected chi connectivity index (χ2v) is 4.54. The van der Waals surface area contributed by atoms with E-state index in [9.17, 15) is 9.59 Å². The van der Waals surface area contributed by atoms with Crippen molar-refractivity contribution in [2.75, 3.05) is 5.32 Å². The van der Waals surface area contributed by atoms with Crippen LogP contribution in [0.2, 0.25) is 0 Å². The van der Waals surface area contributed by atoms with Crippen LogP contribution in [-0.4, -0.2) is 16.7 Å². The predicted molar refractivity (Wildman–Crippen MR) is 82.9 cm³/mol. The van der Waals surface area contributed by atoms with Crippen molar-refractivity contribution in [3.05, 3.63) is 65.5 Å². The first kappa shape index (κ1) is 15.1. The van der Waals surface area contributed by atoms with Gasteiger partial charge in [0.15, 0.2) is 5.78 Å². The summed E-state index contributed by atoms with van der Waals surface area (Å²) in [6.45, 7) is 1.45. The van der Waals surface area contributed by atoms with Crippen molar-refractivity contribution >= 4 is 23.5 Å². The third kappa shape index (κ3) is 3.87. The Labute approximate surface area is 127 Å². The molecule has 5 heteroatoms. The van der Waals surface area contributed by atoms with E-state index in [4.69, 9.17) is 5.26 Å². The Morgan fingerprint density at radius 2 is 1.95 bits per heavy atom. The first-order chi connectivity index (χ1) is 10.6. The van der Waals surface area contributed by atoms with Crippen molar-refractivity contribution in [1.29, 1.82) is 5.26 Å². The molecule has 0 aliphatic rings. The van der Waals surface area contributed by atoms with Gasteiger partial charge in [-0.25, -0.2) is 0 Å². The Hall–Kier alpha value is -3.26. The van der Waals surface area contributed by atoms with Crippen LogP contribution >= 0.6 is 0 Å². The van der Waals surface area contributed by atoms with Gasteiger partial charge in [-0.05, 0) is 42.8 Å². The number of nitrogens with zero attached hydrogens (tertiary/aromatic N) is 2. The van der Waals surface area contributed by atoms with E-state index in [0.29, 0.717) is 16.8 Å². The molecule has 0 spiro atoms. The molecule has 0 saturated heterocycles. The van der Waals surface area contributed by atoms with Crippen molar-refractivity contribution in [3.8, 4) is 6.07 Å². The third-order valence-corrected chi connectivity index (χ3v) is 2.91. The number of nitrogens with one attached hydrogen (secondary N) is 1. The van der Waals surface area contributed by atoms with Crippen molar-refractivity contribution in [2.24, 2.45) is 0 Å². The zero-order valence-electron chi connectivity index (χ0n) is 11.9. The zero-order valence-corrected chi connectivity index (χ0v) is 11.9. The van der Waals surface area contributed by atoms with E-state index >= 15 is 0 Å². The van der Waals surface area contributed by atoms with Crippen LogP contribution < -0.4 is 5.32 Å². The van der Waals surface area contributed by atoms with Gasteiger partial charge in [0.2, 0.25) is 0 Å². The van der Waals surface area contributed by atoms with Crippen LogP contribution in [0.3, 0.4) is 0 Å². The number of hydrogen-bond acceptors (Lipinski definition) is 4. The minimum absolute atomic E-state index is 0.0283. The minimum Gasteiger partial charge on any atom is -0.321 e. The smallest absolute Gasteiger partial charge is 0.266 e. The molecular weight excluding hydrogens is 278 g/mol. The number of nitriles is 1. The molecule has 1 N–H and O–H groups in total. The Kier molecular flexibility index (Phi) is 4.78. The average molecular weight is 291 g/mol. The third-order valence-electron chi connectivity index (χ3n) is 2.91. The molecule has 1 aromatic heterocycles. The molecule has 5 nitrogen and oxygen atoms in total. The predicted octanol–water partition coefficient (Wildman–Crippen LogP) is 2.83. The van der Waals surface area contributed by atoms with Crippen LogP contribution in [0, 0.1) is 11.3 Å². The summed E-state index contributed by atoms with van der Waals surface area (Å²) in [4.78, 5) is 27.3. The topological polar surface area (TPSA) is 82.9 Å². The summed E-state index contributed by atoms with van der Waals surface area (Å²) in [6, 6.07) is 11.8. The quantitative estimate of drug-likeness (QED) is 0.533. The number of hydrogen-bond donors (Lipinski definition) is 1. The van der Waals surface area contributed by atoms with Crippen LogP contribution in [0.15, 0.2) is 54.4 Å². The lowest BCUT2D eigenvalue weighted by Crippen LogP contribution is -2.13. The number of rotatable bonds is 4. The highest BCUT2D eigenvalue weighted by atomic mass is 16.1. The van der Waals surface area contributed by atoms with Crippen LogP contribution in [-0.2, 0) is 4.79 Å². The Bertz CT molecular complexity index is 774. The van der Waals surface area contributed by atoms with Gasteiger partial charge in [0.25, 0.3) is 5.91 Å². The molecule has 2 aromatic rings. The highest BCUT2D eigenvalue weighted by molar-refractivity contribution is 6.10. The maximum atomic E-state index is 12.1. The number of pyridine rings is 1. The summed E-state index contributed by atoms with van der Waals surface area (Å²) in [5.41, 5.74) is 1.64. The average Bonchev–Trinajstić information content (AvgIpc) is 2.53. The van der Waals surface area contributed by atoms with E-state index in [0.717, 1.165) is 0 Å². The number of aromatic nitrogens is 1. The fourth-order valence-electron chi connectivity index (χ4n) is 1.79. The fourth-order valence-corrected chi connectivity index (χ4v) is 1.79. The molecule has 0 radical (unpaired) electrons. The lowest BCUT2D eigenvalue weighted by Gasteiger charge is -2.05. The summed E-state index contributed by atoms with van der Waals surface area (Å²) < 4.78 is 0. The highest BCUT2D eigenvalue weighted by Crippen LogP contribution is 2.13. The van der Waals surface area contributed by atoms with Gasteiger partial charge in [-0.2, -0.15) is 5.26 Å². The SMILES string of the molecule is CC(=O)c1cccc(NC(=O)C(C#N)=Cc2ccncc2)c1. The molecule has 0 atom stereocenters. The molecule has 0 saturated carbocycles. The molecule has 0 bridgehead atoms. The van der Waals surface area contributed by atoms with Gasteiger partial charge in [-0.15, -0.1) is 0 Å². The van der Waals surface area contributed by atoms with Gasteiger partial charge in [-0.1, -0.05) is 12.1 Å². The van der Waals surface area contributed by atoms with Gasteiger partial charge in [0.1, 0.15) is 11.6 Å². The summed E-state index contributed by atoms with van der Waals surface area (Å²) in [5, 5.41) is 11.7. The van der Waals surface area contributed by atoms with Crippen LogP contribution in [0.1, 0.15) is 22.8 Å². The first-order valence-electron chi connectivity index (χ1n) is 6.54. The van der Waals surface area contributed by atoms with E-state index in [2.05, 4.69) is 10.3 Å². The van der Waals surface area contributed by atoms with Gasteiger partial charge >= 0.3 is 0 Å². The lowest BCUT2D eigenvalue weighted by atomic mass is 10.1. The summed E-state index contributed by atoms with van der Waals surface area (Å²) in [6.07, 6.45) is 4.63. The maximum Gasteiger partial charge on any atom is 0.266 e. The molecule has 0 aliphatic carbocycles. The molecule has 1 aromatic carbocycles. The zero-order chi connectivity index (χ0) is 15.9. The Morgan fingerprint density at radius 3 is 2.59 bits per heavy atom. The highest BCUT2D eigenvalue weighted by Gasteiger charge is 2.10. The molecule has 1 amide bonds. The Morgan fingerprint density at radius 1 is 1.23 bits per heavy atom. The Balaban J connectivity index is 2.20. The van der Waals surface area contributed by atoms with E-state index in [1.54, 1.807) is 48.8 Å². The molecule has 108 valence electrons. The van der Waals surface area contributed by atoms with Crippen molar-refractivity contribution in [1.82, 2.24) is 4.98 Å². The second kappa shape index (κ2) is 6.95. The number of anilines is 1. The number of ketones is 1. The summed E-state index contributed by atoms with van der Waals surface area (Å²) in [7, 11) is 0. The van der Waals surface area contributed by atoms with E-state index in [-0.39, 0.29) is 11.4 Å². The van der Waals surface area contributed by atoms with Crippen molar-refractivity contribution in [3.63, 3.8) is 0 Å². The molecule has 0 fully saturated rings. The lowest BCUT2D eigenvalue weighted by molar-refractivity contribution is -0.112. The van der Waals surface area contributed by atoms with E-state index < -0.39 is 5.91 Å².